The Bertz CT molecular complexity index is 1100. The lowest BCUT2D eigenvalue weighted by molar-refractivity contribution is 0.432. The molecule has 1 aliphatic heterocycles. The summed E-state index contributed by atoms with van der Waals surface area (Å²) in [6.45, 7) is 1.61. The summed E-state index contributed by atoms with van der Waals surface area (Å²) in [6, 6.07) is 16.2. The standard InChI is InChI=1S/C21H17NO4S/c1-12-10-17(24)20(21(25)26-12)15-11-19(13-6-2-4-8-16(13)23)27-18-9-5-3-7-14(18)22-15/h2-10,19,23-24H,11H2,1H3. The number of aromatic hydroxyl groups is 2. The first-order valence-corrected chi connectivity index (χ1v) is 9.36. The number of hydrogen-bond donors (Lipinski definition) is 2. The Hall–Kier alpha value is -2.99. The number of phenols is 1. The Labute approximate surface area is 160 Å². The van der Waals surface area contributed by atoms with Crippen molar-refractivity contribution in [3.8, 4) is 11.5 Å². The van der Waals surface area contributed by atoms with E-state index in [0.29, 0.717) is 17.9 Å². The molecule has 0 radical (unpaired) electrons. The predicted molar refractivity (Wildman–Crippen MR) is 105 cm³/mol. The van der Waals surface area contributed by atoms with E-state index < -0.39 is 5.63 Å². The second-order valence-electron chi connectivity index (χ2n) is 6.30. The molecule has 2 aromatic carbocycles. The third kappa shape index (κ3) is 3.36. The second-order valence-corrected chi connectivity index (χ2v) is 7.54. The minimum absolute atomic E-state index is 0.0679. The summed E-state index contributed by atoms with van der Waals surface area (Å²) in [7, 11) is 0. The van der Waals surface area contributed by atoms with Gasteiger partial charge in [0.25, 0.3) is 0 Å². The van der Waals surface area contributed by atoms with E-state index in [2.05, 4.69) is 4.99 Å². The molecule has 136 valence electrons. The molecule has 1 atom stereocenters. The summed E-state index contributed by atoms with van der Waals surface area (Å²) >= 11 is 1.57. The Balaban J connectivity index is 1.90. The topological polar surface area (TPSA) is 83.0 Å². The summed E-state index contributed by atoms with van der Waals surface area (Å²) in [5.41, 5.74) is 1.36. The number of para-hydroxylation sites is 2. The van der Waals surface area contributed by atoms with Crippen LogP contribution in [0.4, 0.5) is 5.69 Å². The van der Waals surface area contributed by atoms with Crippen LogP contribution in [0, 0.1) is 6.92 Å². The number of aryl methyl sites for hydroxylation is 1. The highest BCUT2D eigenvalue weighted by Crippen LogP contribution is 2.47. The Morgan fingerprint density at radius 1 is 1.07 bits per heavy atom. The molecule has 3 aromatic rings. The highest BCUT2D eigenvalue weighted by Gasteiger charge is 2.27. The van der Waals surface area contributed by atoms with E-state index in [-0.39, 0.29) is 22.3 Å². The molecular formula is C21H17NO4S. The van der Waals surface area contributed by atoms with Crippen LogP contribution in [0.15, 0.2) is 73.7 Å². The molecule has 0 aliphatic carbocycles. The Kier molecular flexibility index (Phi) is 4.49. The molecule has 5 nitrogen and oxygen atoms in total. The minimum Gasteiger partial charge on any atom is -0.508 e. The summed E-state index contributed by atoms with van der Waals surface area (Å²) in [4.78, 5) is 18.0. The van der Waals surface area contributed by atoms with Gasteiger partial charge < -0.3 is 14.6 Å². The van der Waals surface area contributed by atoms with Crippen molar-refractivity contribution in [3.63, 3.8) is 0 Å². The van der Waals surface area contributed by atoms with Crippen molar-refractivity contribution in [2.24, 2.45) is 4.99 Å². The number of aliphatic imine (C=N–C) groups is 1. The van der Waals surface area contributed by atoms with Crippen LogP contribution in [0.25, 0.3) is 0 Å². The quantitative estimate of drug-likeness (QED) is 0.673. The van der Waals surface area contributed by atoms with Gasteiger partial charge in [0.1, 0.15) is 22.8 Å². The number of nitrogens with zero attached hydrogens (tertiary/aromatic N) is 1. The van der Waals surface area contributed by atoms with Crippen molar-refractivity contribution in [1.29, 1.82) is 0 Å². The summed E-state index contributed by atoms with van der Waals surface area (Å²) < 4.78 is 5.18. The minimum atomic E-state index is -0.619. The summed E-state index contributed by atoms with van der Waals surface area (Å²) in [5.74, 6) is 0.374. The van der Waals surface area contributed by atoms with Gasteiger partial charge in [-0.05, 0) is 25.1 Å². The molecule has 0 amide bonds. The maximum Gasteiger partial charge on any atom is 0.348 e. The number of phenolic OH excluding ortho intramolecular Hbond substituents is 1. The number of rotatable bonds is 2. The normalized spacial score (nSPS) is 16.3. The molecule has 1 aliphatic rings. The van der Waals surface area contributed by atoms with Crippen molar-refractivity contribution in [2.75, 3.05) is 0 Å². The maximum absolute atomic E-state index is 12.4. The number of benzene rings is 2. The third-order valence-electron chi connectivity index (χ3n) is 4.39. The molecule has 2 N–H and O–H groups in total. The van der Waals surface area contributed by atoms with Gasteiger partial charge in [-0.2, -0.15) is 0 Å². The van der Waals surface area contributed by atoms with Crippen molar-refractivity contribution >= 4 is 23.2 Å². The highest BCUT2D eigenvalue weighted by atomic mass is 32.2. The molecule has 0 saturated heterocycles. The average Bonchev–Trinajstić information content (AvgIpc) is 2.80. The van der Waals surface area contributed by atoms with Gasteiger partial charge >= 0.3 is 5.63 Å². The fourth-order valence-corrected chi connectivity index (χ4v) is 4.43. The fourth-order valence-electron chi connectivity index (χ4n) is 3.16. The first-order valence-electron chi connectivity index (χ1n) is 8.48. The molecule has 1 unspecified atom stereocenters. The van der Waals surface area contributed by atoms with Crippen LogP contribution in [0.2, 0.25) is 0 Å². The first-order chi connectivity index (χ1) is 13.0. The molecule has 4 rings (SSSR count). The van der Waals surface area contributed by atoms with Crippen LogP contribution in [0.3, 0.4) is 0 Å². The van der Waals surface area contributed by atoms with E-state index in [1.165, 1.54) is 6.07 Å². The van der Waals surface area contributed by atoms with Crippen LogP contribution in [-0.2, 0) is 0 Å². The van der Waals surface area contributed by atoms with Gasteiger partial charge in [-0.15, -0.1) is 11.8 Å². The average molecular weight is 379 g/mol. The van der Waals surface area contributed by atoms with Gasteiger partial charge in [-0.1, -0.05) is 30.3 Å². The first kappa shape index (κ1) is 17.4. The third-order valence-corrected chi connectivity index (χ3v) is 5.70. The predicted octanol–water partition coefficient (Wildman–Crippen LogP) is 4.72. The molecular weight excluding hydrogens is 362 g/mol. The van der Waals surface area contributed by atoms with Crippen LogP contribution >= 0.6 is 11.8 Å². The van der Waals surface area contributed by atoms with E-state index in [4.69, 9.17) is 4.42 Å². The monoisotopic (exact) mass is 379 g/mol. The Morgan fingerprint density at radius 3 is 2.59 bits per heavy atom. The highest BCUT2D eigenvalue weighted by molar-refractivity contribution is 7.99. The van der Waals surface area contributed by atoms with Gasteiger partial charge in [0.15, 0.2) is 0 Å². The molecule has 6 heteroatoms. The Morgan fingerprint density at radius 2 is 1.81 bits per heavy atom. The van der Waals surface area contributed by atoms with E-state index in [1.54, 1.807) is 30.8 Å². The van der Waals surface area contributed by atoms with Crippen LogP contribution < -0.4 is 5.63 Å². The zero-order valence-corrected chi connectivity index (χ0v) is 15.4. The number of hydrogen-bond acceptors (Lipinski definition) is 6. The fraction of sp³-hybridized carbons (Fsp3) is 0.143. The molecule has 0 bridgehead atoms. The lowest BCUT2D eigenvalue weighted by Gasteiger charge is -2.17. The summed E-state index contributed by atoms with van der Waals surface area (Å²) in [6.07, 6.45) is 0.359. The van der Waals surface area contributed by atoms with E-state index in [9.17, 15) is 15.0 Å². The summed E-state index contributed by atoms with van der Waals surface area (Å²) in [5, 5.41) is 20.5. The van der Waals surface area contributed by atoms with Crippen molar-refractivity contribution < 1.29 is 14.6 Å². The van der Waals surface area contributed by atoms with E-state index in [1.807, 2.05) is 36.4 Å². The lowest BCUT2D eigenvalue weighted by atomic mass is 10.0. The van der Waals surface area contributed by atoms with Gasteiger partial charge in [0.05, 0.1) is 11.4 Å². The smallest absolute Gasteiger partial charge is 0.348 e. The molecule has 27 heavy (non-hydrogen) atoms. The molecule has 2 heterocycles. The molecule has 0 fully saturated rings. The van der Waals surface area contributed by atoms with Crippen molar-refractivity contribution in [1.82, 2.24) is 0 Å². The van der Waals surface area contributed by atoms with E-state index >= 15 is 0 Å². The van der Waals surface area contributed by atoms with Gasteiger partial charge in [-0.25, -0.2) is 4.79 Å². The van der Waals surface area contributed by atoms with Gasteiger partial charge in [-0.3, -0.25) is 4.99 Å². The molecule has 1 aromatic heterocycles. The van der Waals surface area contributed by atoms with Crippen LogP contribution in [0.1, 0.15) is 28.6 Å². The van der Waals surface area contributed by atoms with Gasteiger partial charge in [0, 0.05) is 28.2 Å². The van der Waals surface area contributed by atoms with Crippen LogP contribution in [-0.4, -0.2) is 15.9 Å². The van der Waals surface area contributed by atoms with Crippen LogP contribution in [0.5, 0.6) is 11.5 Å². The maximum atomic E-state index is 12.4. The largest absolute Gasteiger partial charge is 0.508 e. The zero-order chi connectivity index (χ0) is 19.0. The number of thioether (sulfide) groups is 1. The van der Waals surface area contributed by atoms with Crippen molar-refractivity contribution in [3.05, 3.63) is 81.9 Å². The lowest BCUT2D eigenvalue weighted by Crippen LogP contribution is -2.17. The zero-order valence-electron chi connectivity index (χ0n) is 14.5. The molecule has 0 spiro atoms. The SMILES string of the molecule is Cc1cc(O)c(C2=Nc3ccccc3SC(c3ccccc3O)C2)c(=O)o1. The van der Waals surface area contributed by atoms with Crippen molar-refractivity contribution in [2.45, 2.75) is 23.5 Å². The second kappa shape index (κ2) is 6.96. The van der Waals surface area contributed by atoms with E-state index in [0.717, 1.165) is 16.1 Å². The van der Waals surface area contributed by atoms with Gasteiger partial charge in [0.2, 0.25) is 0 Å². The number of fused-ring (bicyclic) bond motifs is 1. The molecule has 0 saturated carbocycles.